The predicted molar refractivity (Wildman–Crippen MR) is 144 cm³/mol. The number of hydrazine groups is 1. The highest BCUT2D eigenvalue weighted by atomic mass is 16.4. The van der Waals surface area contributed by atoms with Gasteiger partial charge in [-0.05, 0) is 36.1 Å². The van der Waals surface area contributed by atoms with Gasteiger partial charge in [-0.25, -0.2) is 4.79 Å². The van der Waals surface area contributed by atoms with Gasteiger partial charge < -0.3 is 15.7 Å². The molecule has 7 N–H and O–H groups in total. The Kier molecular flexibility index (Phi) is 15.7. The Morgan fingerprint density at radius 1 is 1.09 bits per heavy atom. The van der Waals surface area contributed by atoms with Crippen LogP contribution in [0.25, 0.3) is 11.1 Å². The first-order valence-electron chi connectivity index (χ1n) is 12.1. The minimum Gasteiger partial charge on any atom is -0.480 e. The third-order valence-corrected chi connectivity index (χ3v) is 5.12. The lowest BCUT2D eigenvalue weighted by Gasteiger charge is -2.32. The molecule has 1 unspecified atom stereocenters. The molecule has 2 aromatic rings. The van der Waals surface area contributed by atoms with Crippen molar-refractivity contribution in [3.05, 3.63) is 59.7 Å². The van der Waals surface area contributed by atoms with E-state index in [-0.39, 0.29) is 24.2 Å². The van der Waals surface area contributed by atoms with E-state index in [0.717, 1.165) is 29.5 Å². The maximum atomic E-state index is 12.8. The zero-order valence-corrected chi connectivity index (χ0v) is 22.0. The van der Waals surface area contributed by atoms with Gasteiger partial charge in [-0.3, -0.25) is 21.5 Å². The fraction of sp³-hybridized carbons (Fsp3) is 0.444. The van der Waals surface area contributed by atoms with Crippen LogP contribution in [0.3, 0.4) is 0 Å². The second-order valence-corrected chi connectivity index (χ2v) is 8.10. The van der Waals surface area contributed by atoms with E-state index in [1.807, 2.05) is 77.1 Å². The highest BCUT2D eigenvalue weighted by Gasteiger charge is 2.32. The number of rotatable bonds is 10. The monoisotopic (exact) mass is 485 g/mol. The summed E-state index contributed by atoms with van der Waals surface area (Å²) < 4.78 is 0. The molecule has 1 atom stereocenters. The van der Waals surface area contributed by atoms with Crippen molar-refractivity contribution in [1.29, 1.82) is 5.41 Å². The van der Waals surface area contributed by atoms with Crippen LogP contribution >= 0.6 is 0 Å². The zero-order chi connectivity index (χ0) is 27.0. The summed E-state index contributed by atoms with van der Waals surface area (Å²) in [6.07, 6.45) is 1.96. The Morgan fingerprint density at radius 2 is 1.63 bits per heavy atom. The van der Waals surface area contributed by atoms with Gasteiger partial charge in [0.2, 0.25) is 5.91 Å². The van der Waals surface area contributed by atoms with E-state index in [1.165, 1.54) is 4.90 Å². The number of amides is 1. The molecule has 0 aromatic heterocycles. The van der Waals surface area contributed by atoms with Crippen LogP contribution in [-0.4, -0.2) is 40.8 Å². The van der Waals surface area contributed by atoms with Crippen molar-refractivity contribution in [2.24, 2.45) is 17.5 Å². The van der Waals surface area contributed by atoms with E-state index in [0.29, 0.717) is 12.0 Å². The van der Waals surface area contributed by atoms with Gasteiger partial charge in [-0.1, -0.05) is 89.6 Å². The van der Waals surface area contributed by atoms with Crippen LogP contribution in [0.1, 0.15) is 65.0 Å². The average Bonchev–Trinajstić information content (AvgIpc) is 2.84. The summed E-state index contributed by atoms with van der Waals surface area (Å²) in [6.45, 7) is 9.89. The number of hydrogen-bond donors (Lipinski definition) is 5. The van der Waals surface area contributed by atoms with Crippen molar-refractivity contribution in [2.75, 3.05) is 7.05 Å². The number of carbonyl (C=O) groups is 2. The molecule has 0 saturated carbocycles. The summed E-state index contributed by atoms with van der Waals surface area (Å²) >= 11 is 0. The van der Waals surface area contributed by atoms with Crippen molar-refractivity contribution >= 4 is 17.7 Å². The number of aliphatic carboxylic acids is 1. The molecule has 0 heterocycles. The number of nitrogens with zero attached hydrogens (tertiary/aromatic N) is 1. The standard InChI is InChI=1S/C24H31N3O3.C2H6.CH6N2/c1-4-5-10-21(28)27(22(16(2)3)24(29)30)15-17-11-13-18(14-12-17)19-8-6-7-9-20(19)23(25)26;1-2;1-3-2/h6-9,11-14,16,22H,4-5,10,15H2,1-3H3,(H3,25,26)(H,29,30);1-2H3;3H,2H2,1H3. The third kappa shape index (κ3) is 10.3. The Hall–Kier alpha value is -3.23. The highest BCUT2D eigenvalue weighted by Crippen LogP contribution is 2.25. The Bertz CT molecular complexity index is 913. The van der Waals surface area contributed by atoms with E-state index < -0.39 is 12.0 Å². The van der Waals surface area contributed by atoms with Crippen LogP contribution in [0.15, 0.2) is 48.5 Å². The molecule has 194 valence electrons. The van der Waals surface area contributed by atoms with E-state index in [9.17, 15) is 14.7 Å². The van der Waals surface area contributed by atoms with E-state index >= 15 is 0 Å². The Morgan fingerprint density at radius 3 is 2.09 bits per heavy atom. The van der Waals surface area contributed by atoms with Crippen molar-refractivity contribution in [2.45, 2.75) is 66.5 Å². The molecule has 0 aliphatic carbocycles. The van der Waals surface area contributed by atoms with Gasteiger partial charge in [0, 0.05) is 18.5 Å². The number of carbonyl (C=O) groups excluding carboxylic acids is 1. The molecule has 0 aliphatic rings. The van der Waals surface area contributed by atoms with Crippen molar-refractivity contribution in [3.63, 3.8) is 0 Å². The predicted octanol–water partition coefficient (Wildman–Crippen LogP) is 4.37. The van der Waals surface area contributed by atoms with Crippen molar-refractivity contribution < 1.29 is 14.7 Å². The van der Waals surface area contributed by atoms with Gasteiger partial charge in [0.25, 0.3) is 0 Å². The first-order valence-corrected chi connectivity index (χ1v) is 12.1. The van der Waals surface area contributed by atoms with Crippen LogP contribution in [0.2, 0.25) is 0 Å². The number of nitrogens with two attached hydrogens (primary N) is 2. The van der Waals surface area contributed by atoms with Crippen LogP contribution in [0.4, 0.5) is 0 Å². The average molecular weight is 486 g/mol. The highest BCUT2D eigenvalue weighted by molar-refractivity contribution is 6.01. The van der Waals surface area contributed by atoms with Crippen LogP contribution in [0.5, 0.6) is 0 Å². The topological polar surface area (TPSA) is 146 Å². The number of benzene rings is 2. The summed E-state index contributed by atoms with van der Waals surface area (Å²) in [6, 6.07) is 14.2. The molecule has 2 aromatic carbocycles. The molecule has 2 rings (SSSR count). The molecule has 0 saturated heterocycles. The SMILES string of the molecule is CC.CCCCC(=O)N(Cc1ccc(-c2ccccc2C(=N)N)cc1)C(C(=O)O)C(C)C.CNN. The number of carboxylic acids is 1. The summed E-state index contributed by atoms with van der Waals surface area (Å²) in [5.41, 5.74) is 11.2. The number of nitrogens with one attached hydrogen (secondary N) is 2. The molecule has 0 spiro atoms. The number of unbranched alkanes of at least 4 members (excludes halogenated alkanes) is 1. The van der Waals surface area contributed by atoms with Crippen molar-refractivity contribution in [1.82, 2.24) is 10.3 Å². The van der Waals surface area contributed by atoms with Gasteiger partial charge >= 0.3 is 5.97 Å². The molecule has 0 aliphatic heterocycles. The van der Waals surface area contributed by atoms with E-state index in [2.05, 4.69) is 11.3 Å². The largest absolute Gasteiger partial charge is 0.480 e. The van der Waals surface area contributed by atoms with Gasteiger partial charge in [0.05, 0.1) is 0 Å². The Balaban J connectivity index is 0.00000214. The summed E-state index contributed by atoms with van der Waals surface area (Å²) in [5.74, 6) is 3.28. The molecular formula is C27H43N5O3. The fourth-order valence-corrected chi connectivity index (χ4v) is 3.55. The quantitative estimate of drug-likeness (QED) is 0.146. The van der Waals surface area contributed by atoms with Crippen LogP contribution in [-0.2, 0) is 16.1 Å². The molecule has 0 fully saturated rings. The minimum atomic E-state index is -0.984. The maximum Gasteiger partial charge on any atom is 0.326 e. The normalized spacial score (nSPS) is 10.9. The Labute approximate surface area is 210 Å². The smallest absolute Gasteiger partial charge is 0.326 e. The summed E-state index contributed by atoms with van der Waals surface area (Å²) in [4.78, 5) is 26.1. The van der Waals surface area contributed by atoms with E-state index in [4.69, 9.17) is 11.1 Å². The number of nitrogen functional groups attached to an aromatic ring is 1. The van der Waals surface area contributed by atoms with Gasteiger partial charge in [0.15, 0.2) is 0 Å². The number of amidine groups is 1. The molecule has 0 bridgehead atoms. The summed E-state index contributed by atoms with van der Waals surface area (Å²) in [7, 11) is 1.65. The minimum absolute atomic E-state index is 0.00334. The molecule has 35 heavy (non-hydrogen) atoms. The van der Waals surface area contributed by atoms with Gasteiger partial charge in [-0.15, -0.1) is 0 Å². The van der Waals surface area contributed by atoms with Gasteiger partial charge in [-0.2, -0.15) is 0 Å². The lowest BCUT2D eigenvalue weighted by molar-refractivity contribution is -0.153. The van der Waals surface area contributed by atoms with Gasteiger partial charge in [0.1, 0.15) is 11.9 Å². The zero-order valence-electron chi connectivity index (χ0n) is 22.0. The second-order valence-electron chi connectivity index (χ2n) is 8.10. The molecule has 1 amide bonds. The molecular weight excluding hydrogens is 442 g/mol. The maximum absolute atomic E-state index is 12.8. The molecule has 8 nitrogen and oxygen atoms in total. The van der Waals surface area contributed by atoms with Crippen LogP contribution < -0.4 is 17.0 Å². The number of hydrogen-bond acceptors (Lipinski definition) is 5. The fourth-order valence-electron chi connectivity index (χ4n) is 3.55. The first-order chi connectivity index (χ1) is 16.7. The number of carboxylic acid groups (broad SMARTS) is 1. The second kappa shape index (κ2) is 17.2. The summed E-state index contributed by atoms with van der Waals surface area (Å²) in [5, 5.41) is 17.5. The van der Waals surface area contributed by atoms with Crippen molar-refractivity contribution in [3.8, 4) is 11.1 Å². The van der Waals surface area contributed by atoms with E-state index in [1.54, 1.807) is 13.1 Å². The third-order valence-electron chi connectivity index (χ3n) is 5.12. The lowest BCUT2D eigenvalue weighted by Crippen LogP contribution is -2.47. The molecule has 0 radical (unpaired) electrons. The first kappa shape index (κ1) is 31.8. The molecule has 8 heteroatoms. The lowest BCUT2D eigenvalue weighted by atomic mass is 9.97. The van der Waals surface area contributed by atoms with Crippen LogP contribution in [0, 0.1) is 11.3 Å².